The molecule has 1 aromatic carbocycles. The minimum absolute atomic E-state index is 0.0503. The fourth-order valence-corrected chi connectivity index (χ4v) is 3.38. The zero-order valence-corrected chi connectivity index (χ0v) is 14.5. The van der Waals surface area contributed by atoms with Crippen LogP contribution in [0.3, 0.4) is 0 Å². The Bertz CT molecular complexity index is 1080. The number of hydrogen-bond acceptors (Lipinski definition) is 5. The summed E-state index contributed by atoms with van der Waals surface area (Å²) >= 11 is 0. The molecule has 0 amide bonds. The van der Waals surface area contributed by atoms with E-state index in [0.717, 1.165) is 15.0 Å². The summed E-state index contributed by atoms with van der Waals surface area (Å²) in [5.41, 5.74) is 1.27. The smallest absolute Gasteiger partial charge is 0.258 e. The first-order valence-corrected chi connectivity index (χ1v) is 9.09. The summed E-state index contributed by atoms with van der Waals surface area (Å²) in [6.07, 6.45) is 3.18. The van der Waals surface area contributed by atoms with Crippen molar-refractivity contribution in [3.8, 4) is 11.1 Å². The van der Waals surface area contributed by atoms with Crippen LogP contribution in [0.15, 0.2) is 41.5 Å². The van der Waals surface area contributed by atoms with Gasteiger partial charge in [0.1, 0.15) is 0 Å². The van der Waals surface area contributed by atoms with Crippen molar-refractivity contribution < 1.29 is 8.42 Å². The van der Waals surface area contributed by atoms with Gasteiger partial charge in [-0.2, -0.15) is 4.09 Å². The van der Waals surface area contributed by atoms with Gasteiger partial charge in [0.25, 0.3) is 15.6 Å². The molecule has 0 unspecified atom stereocenters. The Labute approximate surface area is 139 Å². The van der Waals surface area contributed by atoms with Crippen molar-refractivity contribution in [3.63, 3.8) is 0 Å². The van der Waals surface area contributed by atoms with Gasteiger partial charge in [-0.05, 0) is 18.4 Å². The molecule has 126 valence electrons. The molecular formula is C16H18N4O3S. The van der Waals surface area contributed by atoms with Crippen molar-refractivity contribution in [1.82, 2.24) is 13.8 Å². The van der Waals surface area contributed by atoms with E-state index in [1.165, 1.54) is 10.8 Å². The van der Waals surface area contributed by atoms with Crippen LogP contribution in [0, 0.1) is 0 Å². The number of benzene rings is 1. The van der Waals surface area contributed by atoms with Crippen molar-refractivity contribution in [2.24, 2.45) is 7.05 Å². The van der Waals surface area contributed by atoms with Gasteiger partial charge in [-0.1, -0.05) is 18.2 Å². The van der Waals surface area contributed by atoms with Crippen LogP contribution in [0.5, 0.6) is 0 Å². The molecule has 24 heavy (non-hydrogen) atoms. The molecule has 2 heterocycles. The summed E-state index contributed by atoms with van der Waals surface area (Å²) in [5, 5.41) is 8.39. The molecule has 2 aromatic heterocycles. The zero-order valence-electron chi connectivity index (χ0n) is 13.6. The lowest BCUT2D eigenvalue weighted by molar-refractivity contribution is 0.581. The van der Waals surface area contributed by atoms with Crippen molar-refractivity contribution >= 4 is 26.6 Å². The summed E-state index contributed by atoms with van der Waals surface area (Å²) in [6, 6.07) is 7.25. The summed E-state index contributed by atoms with van der Waals surface area (Å²) < 4.78 is 26.7. The number of aromatic nitrogens is 3. The number of nitrogens with one attached hydrogen (secondary N) is 1. The molecule has 0 aliphatic carbocycles. The molecule has 0 aliphatic heterocycles. The highest BCUT2D eigenvalue weighted by Gasteiger charge is 2.19. The van der Waals surface area contributed by atoms with Gasteiger partial charge >= 0.3 is 0 Å². The van der Waals surface area contributed by atoms with Crippen LogP contribution in [0.4, 0.5) is 5.82 Å². The number of nitrogens with zero attached hydrogens (tertiary/aromatic N) is 3. The van der Waals surface area contributed by atoms with E-state index in [-0.39, 0.29) is 11.3 Å². The first-order valence-electron chi connectivity index (χ1n) is 7.48. The second kappa shape index (κ2) is 5.79. The Morgan fingerprint density at radius 2 is 1.79 bits per heavy atom. The molecule has 0 bridgehead atoms. The molecule has 0 saturated carbocycles. The highest BCUT2D eigenvalue weighted by Crippen LogP contribution is 2.32. The maximum absolute atomic E-state index is 12.3. The molecule has 0 aliphatic rings. The fraction of sp³-hybridized carbons (Fsp3) is 0.250. The molecule has 8 heteroatoms. The molecular weight excluding hydrogens is 328 g/mol. The Hall–Kier alpha value is -2.61. The minimum atomic E-state index is -3.49. The molecule has 0 spiro atoms. The minimum Gasteiger partial charge on any atom is -0.371 e. The van der Waals surface area contributed by atoms with E-state index in [0.29, 0.717) is 16.8 Å². The fourth-order valence-electron chi connectivity index (χ4n) is 2.64. The molecule has 0 saturated heterocycles. The van der Waals surface area contributed by atoms with Crippen LogP contribution in [0.25, 0.3) is 21.9 Å². The maximum atomic E-state index is 12.3. The summed E-state index contributed by atoms with van der Waals surface area (Å²) in [6.45, 7) is 1.57. The highest BCUT2D eigenvalue weighted by atomic mass is 32.2. The van der Waals surface area contributed by atoms with E-state index in [4.69, 9.17) is 0 Å². The van der Waals surface area contributed by atoms with Crippen LogP contribution < -0.4 is 10.9 Å². The predicted molar refractivity (Wildman–Crippen MR) is 94.8 cm³/mol. The van der Waals surface area contributed by atoms with E-state index in [1.807, 2.05) is 12.1 Å². The van der Waals surface area contributed by atoms with Gasteiger partial charge in [0.05, 0.1) is 11.9 Å². The van der Waals surface area contributed by atoms with E-state index in [1.54, 1.807) is 39.3 Å². The molecule has 7 nitrogen and oxygen atoms in total. The average Bonchev–Trinajstić information content (AvgIpc) is 3.03. The summed E-state index contributed by atoms with van der Waals surface area (Å²) in [7, 11) is -0.142. The van der Waals surface area contributed by atoms with E-state index < -0.39 is 10.0 Å². The lowest BCUT2D eigenvalue weighted by Gasteiger charge is -2.09. The van der Waals surface area contributed by atoms with E-state index in [9.17, 15) is 13.2 Å². The molecule has 0 atom stereocenters. The van der Waals surface area contributed by atoms with Gasteiger partial charge < -0.3 is 9.88 Å². The van der Waals surface area contributed by atoms with Crippen molar-refractivity contribution in [2.45, 2.75) is 6.92 Å². The van der Waals surface area contributed by atoms with Gasteiger partial charge in [-0.25, -0.2) is 8.42 Å². The third-order valence-corrected chi connectivity index (χ3v) is 5.45. The molecule has 3 aromatic rings. The number of rotatable bonds is 4. The van der Waals surface area contributed by atoms with Gasteiger partial charge in [0.2, 0.25) is 0 Å². The Kier molecular flexibility index (Phi) is 3.92. The third-order valence-electron chi connectivity index (χ3n) is 3.96. The lowest BCUT2D eigenvalue weighted by atomic mass is 10.0. The number of fused-ring (bicyclic) bond motifs is 1. The summed E-state index contributed by atoms with van der Waals surface area (Å²) in [5.74, 6) is 0.390. The van der Waals surface area contributed by atoms with Crippen LogP contribution in [-0.2, 0) is 17.1 Å². The molecule has 0 fully saturated rings. The van der Waals surface area contributed by atoms with Crippen LogP contribution in [-0.4, -0.2) is 35.0 Å². The standard InChI is InChI=1S/C16H18N4O3S/c1-4-24(22,23)20-10-14(15(17-2)18-20)13-9-19(3)16(21)12-8-6-5-7-11(12)13/h5-10H,4H2,1-3H3,(H,17,18). The van der Waals surface area contributed by atoms with Gasteiger partial charge in [-0.15, -0.1) is 5.10 Å². The predicted octanol–water partition coefficient (Wildman–Crippen LogP) is 1.64. The Balaban J connectivity index is 2.37. The zero-order chi connectivity index (χ0) is 17.5. The largest absolute Gasteiger partial charge is 0.371 e. The number of pyridine rings is 1. The average molecular weight is 346 g/mol. The van der Waals surface area contributed by atoms with E-state index >= 15 is 0 Å². The lowest BCUT2D eigenvalue weighted by Crippen LogP contribution is -2.16. The monoisotopic (exact) mass is 346 g/mol. The first-order chi connectivity index (χ1) is 11.4. The number of anilines is 1. The molecule has 3 rings (SSSR count). The van der Waals surface area contributed by atoms with Crippen molar-refractivity contribution in [3.05, 3.63) is 47.0 Å². The third kappa shape index (κ3) is 2.48. The Morgan fingerprint density at radius 3 is 2.42 bits per heavy atom. The maximum Gasteiger partial charge on any atom is 0.258 e. The van der Waals surface area contributed by atoms with Crippen LogP contribution in [0.2, 0.25) is 0 Å². The van der Waals surface area contributed by atoms with Gasteiger partial charge in [0, 0.05) is 36.8 Å². The van der Waals surface area contributed by atoms with E-state index in [2.05, 4.69) is 10.4 Å². The second-order valence-corrected chi connectivity index (χ2v) is 7.53. The SMILES string of the molecule is CCS(=O)(=O)n1cc(-c2cn(C)c(=O)c3ccccc23)c(NC)n1. The Morgan fingerprint density at radius 1 is 1.12 bits per heavy atom. The van der Waals surface area contributed by atoms with Gasteiger partial charge in [0.15, 0.2) is 5.82 Å². The topological polar surface area (TPSA) is 86.0 Å². The van der Waals surface area contributed by atoms with Crippen molar-refractivity contribution in [1.29, 1.82) is 0 Å². The highest BCUT2D eigenvalue weighted by molar-refractivity contribution is 7.89. The molecule has 0 radical (unpaired) electrons. The normalized spacial score (nSPS) is 11.8. The second-order valence-electron chi connectivity index (χ2n) is 5.42. The summed E-state index contributed by atoms with van der Waals surface area (Å²) in [4.78, 5) is 12.3. The number of hydrogen-bond donors (Lipinski definition) is 1. The molecule has 1 N–H and O–H groups in total. The van der Waals surface area contributed by atoms with Crippen LogP contribution in [0.1, 0.15) is 6.92 Å². The quantitative estimate of drug-likeness (QED) is 0.776. The first kappa shape index (κ1) is 16.3. The van der Waals surface area contributed by atoms with Gasteiger partial charge in [-0.3, -0.25) is 4.79 Å². The van der Waals surface area contributed by atoms with Crippen molar-refractivity contribution in [2.75, 3.05) is 18.1 Å². The van der Waals surface area contributed by atoms with Crippen LogP contribution >= 0.6 is 0 Å². The number of aryl methyl sites for hydroxylation is 1.